The van der Waals surface area contributed by atoms with Gasteiger partial charge in [-0.15, -0.1) is 0 Å². The molecule has 1 fully saturated rings. The molecule has 2 rings (SSSR count). The van der Waals surface area contributed by atoms with Crippen LogP contribution in [-0.4, -0.2) is 25.3 Å². The summed E-state index contributed by atoms with van der Waals surface area (Å²) in [6.45, 7) is 1.77. The third-order valence-corrected chi connectivity index (χ3v) is 2.93. The van der Waals surface area contributed by atoms with Crippen molar-refractivity contribution in [3.63, 3.8) is 0 Å². The summed E-state index contributed by atoms with van der Waals surface area (Å²) in [5.41, 5.74) is 0.737. The van der Waals surface area contributed by atoms with Crippen molar-refractivity contribution >= 4 is 17.9 Å². The SMILES string of the molecule is COc1ccc(N2C(=O)[C@H](C)[C@@H]2C=O)cc1. The van der Waals surface area contributed by atoms with Crippen LogP contribution in [0, 0.1) is 5.92 Å². The molecule has 0 bridgehead atoms. The lowest BCUT2D eigenvalue weighted by Gasteiger charge is -2.42. The average Bonchev–Trinajstić information content (AvgIpc) is 2.34. The zero-order valence-corrected chi connectivity index (χ0v) is 9.21. The predicted octanol–water partition coefficient (Wildman–Crippen LogP) is 1.25. The lowest BCUT2D eigenvalue weighted by molar-refractivity contribution is -0.133. The van der Waals surface area contributed by atoms with Crippen molar-refractivity contribution < 1.29 is 14.3 Å². The molecule has 4 heteroatoms. The van der Waals surface area contributed by atoms with Crippen LogP contribution in [0.3, 0.4) is 0 Å². The number of amides is 1. The number of hydrogen-bond donors (Lipinski definition) is 0. The fourth-order valence-electron chi connectivity index (χ4n) is 1.87. The summed E-state index contributed by atoms with van der Waals surface area (Å²) < 4.78 is 5.03. The fourth-order valence-corrected chi connectivity index (χ4v) is 1.87. The van der Waals surface area contributed by atoms with Crippen molar-refractivity contribution in [2.45, 2.75) is 13.0 Å². The second-order valence-electron chi connectivity index (χ2n) is 3.82. The van der Waals surface area contributed by atoms with E-state index < -0.39 is 0 Å². The Morgan fingerprint density at radius 2 is 1.94 bits per heavy atom. The van der Waals surface area contributed by atoms with E-state index in [1.54, 1.807) is 38.3 Å². The molecule has 1 amide bonds. The average molecular weight is 219 g/mol. The molecule has 1 aliphatic rings. The molecular formula is C12H13NO3. The Kier molecular flexibility index (Phi) is 2.64. The highest BCUT2D eigenvalue weighted by atomic mass is 16.5. The third kappa shape index (κ3) is 1.46. The van der Waals surface area contributed by atoms with Crippen LogP contribution in [0.1, 0.15) is 6.92 Å². The van der Waals surface area contributed by atoms with Gasteiger partial charge in [-0.25, -0.2) is 0 Å². The van der Waals surface area contributed by atoms with Crippen LogP contribution in [0.5, 0.6) is 5.75 Å². The zero-order chi connectivity index (χ0) is 11.7. The minimum absolute atomic E-state index is 0.0118. The van der Waals surface area contributed by atoms with E-state index in [0.717, 1.165) is 17.7 Å². The van der Waals surface area contributed by atoms with Crippen molar-refractivity contribution in [1.29, 1.82) is 0 Å². The van der Waals surface area contributed by atoms with Gasteiger partial charge in [0.15, 0.2) is 0 Å². The number of anilines is 1. The summed E-state index contributed by atoms with van der Waals surface area (Å²) in [5.74, 6) is 0.509. The number of rotatable bonds is 3. The first-order valence-electron chi connectivity index (χ1n) is 5.11. The number of ether oxygens (including phenoxy) is 1. The number of hydrogen-bond acceptors (Lipinski definition) is 3. The number of nitrogens with zero attached hydrogens (tertiary/aromatic N) is 1. The maximum atomic E-state index is 11.6. The quantitative estimate of drug-likeness (QED) is 0.567. The third-order valence-electron chi connectivity index (χ3n) is 2.93. The van der Waals surface area contributed by atoms with E-state index in [1.165, 1.54) is 4.90 Å². The van der Waals surface area contributed by atoms with E-state index in [9.17, 15) is 9.59 Å². The molecule has 0 radical (unpaired) electrons. The van der Waals surface area contributed by atoms with Crippen LogP contribution in [0.2, 0.25) is 0 Å². The highest BCUT2D eigenvalue weighted by molar-refractivity contribution is 6.07. The van der Waals surface area contributed by atoms with Gasteiger partial charge in [-0.05, 0) is 24.3 Å². The van der Waals surface area contributed by atoms with Crippen LogP contribution in [0.15, 0.2) is 24.3 Å². The van der Waals surface area contributed by atoms with Gasteiger partial charge in [0.1, 0.15) is 18.1 Å². The molecule has 16 heavy (non-hydrogen) atoms. The van der Waals surface area contributed by atoms with Crippen LogP contribution in [0.25, 0.3) is 0 Å². The summed E-state index contributed by atoms with van der Waals surface area (Å²) in [7, 11) is 1.58. The fraction of sp³-hybridized carbons (Fsp3) is 0.333. The Labute approximate surface area is 93.8 Å². The zero-order valence-electron chi connectivity index (χ0n) is 9.21. The van der Waals surface area contributed by atoms with Gasteiger partial charge in [0.05, 0.1) is 13.0 Å². The van der Waals surface area contributed by atoms with Gasteiger partial charge in [-0.2, -0.15) is 0 Å². The molecule has 0 saturated carbocycles. The van der Waals surface area contributed by atoms with Crippen LogP contribution < -0.4 is 9.64 Å². The number of β-lactam (4-membered cyclic amide) rings is 1. The van der Waals surface area contributed by atoms with Gasteiger partial charge < -0.3 is 14.4 Å². The molecule has 1 saturated heterocycles. The molecule has 84 valence electrons. The van der Waals surface area contributed by atoms with Gasteiger partial charge in [0.25, 0.3) is 0 Å². The van der Waals surface area contributed by atoms with Crippen molar-refractivity contribution in [3.05, 3.63) is 24.3 Å². The van der Waals surface area contributed by atoms with E-state index in [-0.39, 0.29) is 17.9 Å². The first-order chi connectivity index (χ1) is 7.69. The van der Waals surface area contributed by atoms with Crippen molar-refractivity contribution in [2.24, 2.45) is 5.92 Å². The summed E-state index contributed by atoms with van der Waals surface area (Å²) in [5, 5.41) is 0. The molecule has 0 N–H and O–H groups in total. The van der Waals surface area contributed by atoms with Gasteiger partial charge in [0, 0.05) is 5.69 Å². The lowest BCUT2D eigenvalue weighted by atomic mass is 9.89. The highest BCUT2D eigenvalue weighted by Crippen LogP contribution is 2.32. The maximum Gasteiger partial charge on any atom is 0.233 e. The molecule has 1 aromatic carbocycles. The van der Waals surface area contributed by atoms with Gasteiger partial charge in [0.2, 0.25) is 5.91 Å². The van der Waals surface area contributed by atoms with Crippen LogP contribution >= 0.6 is 0 Å². The molecule has 0 unspecified atom stereocenters. The largest absolute Gasteiger partial charge is 0.497 e. The standard InChI is InChI=1S/C12H13NO3/c1-8-11(7-14)13(12(8)15)9-3-5-10(16-2)6-4-9/h3-8,11H,1-2H3/t8-,11+/m1/s1. The maximum absolute atomic E-state index is 11.6. The van der Waals surface area contributed by atoms with E-state index in [4.69, 9.17) is 4.74 Å². The molecular weight excluding hydrogens is 206 g/mol. The van der Waals surface area contributed by atoms with Crippen molar-refractivity contribution in [1.82, 2.24) is 0 Å². The molecule has 1 aromatic rings. The molecule has 0 spiro atoms. The molecule has 0 aliphatic carbocycles. The van der Waals surface area contributed by atoms with Crippen LogP contribution in [0.4, 0.5) is 5.69 Å². The van der Waals surface area contributed by atoms with Crippen molar-refractivity contribution in [3.8, 4) is 5.75 Å². The highest BCUT2D eigenvalue weighted by Gasteiger charge is 2.44. The predicted molar refractivity (Wildman–Crippen MR) is 59.5 cm³/mol. The minimum Gasteiger partial charge on any atom is -0.497 e. The number of aldehydes is 1. The number of benzene rings is 1. The topological polar surface area (TPSA) is 46.6 Å². The van der Waals surface area contributed by atoms with Gasteiger partial charge in [-0.3, -0.25) is 4.79 Å². The molecule has 0 aromatic heterocycles. The monoisotopic (exact) mass is 219 g/mol. The lowest BCUT2D eigenvalue weighted by Crippen LogP contribution is -2.61. The smallest absolute Gasteiger partial charge is 0.233 e. The molecule has 4 nitrogen and oxygen atoms in total. The van der Waals surface area contributed by atoms with E-state index in [0.29, 0.717) is 0 Å². The van der Waals surface area contributed by atoms with E-state index >= 15 is 0 Å². The first kappa shape index (κ1) is 10.7. The number of carbonyl (C=O) groups is 2. The summed E-state index contributed by atoms with van der Waals surface area (Å²) in [6.07, 6.45) is 0.816. The Balaban J connectivity index is 2.24. The van der Waals surface area contributed by atoms with E-state index in [2.05, 4.69) is 0 Å². The molecule has 1 aliphatic heterocycles. The van der Waals surface area contributed by atoms with Gasteiger partial charge in [-0.1, -0.05) is 6.92 Å². The Bertz CT molecular complexity index is 413. The normalized spacial score (nSPS) is 23.9. The second kappa shape index (κ2) is 3.96. The van der Waals surface area contributed by atoms with Crippen molar-refractivity contribution in [2.75, 3.05) is 12.0 Å². The number of methoxy groups -OCH3 is 1. The van der Waals surface area contributed by atoms with Crippen LogP contribution in [-0.2, 0) is 9.59 Å². The van der Waals surface area contributed by atoms with Gasteiger partial charge >= 0.3 is 0 Å². The molecule has 1 heterocycles. The second-order valence-corrected chi connectivity index (χ2v) is 3.82. The summed E-state index contributed by atoms with van der Waals surface area (Å²) >= 11 is 0. The Morgan fingerprint density at radius 3 is 2.44 bits per heavy atom. The van der Waals surface area contributed by atoms with E-state index in [1.807, 2.05) is 0 Å². The Hall–Kier alpha value is -1.84. The molecule has 2 atom stereocenters. The minimum atomic E-state index is -0.333. The Morgan fingerprint density at radius 1 is 1.31 bits per heavy atom. The summed E-state index contributed by atoms with van der Waals surface area (Å²) in [4.78, 5) is 24.0. The number of carbonyl (C=O) groups excluding carboxylic acids is 2. The summed E-state index contributed by atoms with van der Waals surface area (Å²) in [6, 6.07) is 6.76. The first-order valence-corrected chi connectivity index (χ1v) is 5.11.